The van der Waals surface area contributed by atoms with E-state index in [4.69, 9.17) is 0 Å². The number of hydrogen-bond acceptors (Lipinski definition) is 2. The highest BCUT2D eigenvalue weighted by molar-refractivity contribution is 4.96. The predicted molar refractivity (Wildman–Crippen MR) is 88.0 cm³/mol. The third-order valence-electron chi connectivity index (χ3n) is 5.43. The summed E-state index contributed by atoms with van der Waals surface area (Å²) in [5.74, 6) is 0.957. The van der Waals surface area contributed by atoms with Crippen LogP contribution < -0.4 is 5.32 Å². The maximum atomic E-state index is 3.83. The highest BCUT2D eigenvalue weighted by Gasteiger charge is 2.39. The Balaban J connectivity index is 2.06. The molecule has 0 aromatic rings. The zero-order valence-corrected chi connectivity index (χ0v) is 14.6. The number of hydrogen-bond donors (Lipinski definition) is 1. The summed E-state index contributed by atoms with van der Waals surface area (Å²) in [5.41, 5.74) is 0.727. The monoisotopic (exact) mass is 280 g/mol. The minimum atomic E-state index is 0.358. The molecule has 2 rings (SSSR count). The molecule has 2 heteroatoms. The molecule has 0 aromatic heterocycles. The van der Waals surface area contributed by atoms with Crippen molar-refractivity contribution in [3.63, 3.8) is 0 Å². The third kappa shape index (κ3) is 3.98. The van der Waals surface area contributed by atoms with Gasteiger partial charge in [-0.05, 0) is 29.6 Å². The average Bonchev–Trinajstić information content (AvgIpc) is 2.79. The van der Waals surface area contributed by atoms with Gasteiger partial charge in [-0.15, -0.1) is 0 Å². The molecule has 20 heavy (non-hydrogen) atoms. The highest BCUT2D eigenvalue weighted by atomic mass is 15.2. The van der Waals surface area contributed by atoms with Crippen molar-refractivity contribution in [3.05, 3.63) is 0 Å². The van der Waals surface area contributed by atoms with E-state index in [2.05, 4.69) is 51.8 Å². The van der Waals surface area contributed by atoms with Crippen molar-refractivity contribution in [1.82, 2.24) is 10.2 Å². The maximum Gasteiger partial charge on any atom is 0.0269 e. The number of piperazine rings is 1. The topological polar surface area (TPSA) is 15.3 Å². The van der Waals surface area contributed by atoms with Gasteiger partial charge >= 0.3 is 0 Å². The lowest BCUT2D eigenvalue weighted by Gasteiger charge is -2.50. The SMILES string of the molecule is CC(C)(C)C1CN(CC2CCCC2)C(C(C)(C)C)CN1. The van der Waals surface area contributed by atoms with Gasteiger partial charge in [-0.1, -0.05) is 54.4 Å². The lowest BCUT2D eigenvalue weighted by molar-refractivity contribution is 0.0205. The molecule has 2 nitrogen and oxygen atoms in total. The second-order valence-corrected chi connectivity index (χ2v) is 9.31. The Morgan fingerprint density at radius 1 is 0.950 bits per heavy atom. The number of nitrogens with one attached hydrogen (secondary N) is 1. The van der Waals surface area contributed by atoms with Gasteiger partial charge in [0.15, 0.2) is 0 Å². The van der Waals surface area contributed by atoms with E-state index >= 15 is 0 Å². The highest BCUT2D eigenvalue weighted by Crippen LogP contribution is 2.33. The largest absolute Gasteiger partial charge is 0.311 e. The molecule has 0 radical (unpaired) electrons. The van der Waals surface area contributed by atoms with E-state index in [-0.39, 0.29) is 0 Å². The van der Waals surface area contributed by atoms with Crippen molar-refractivity contribution >= 4 is 0 Å². The molecule has 2 aliphatic rings. The van der Waals surface area contributed by atoms with Crippen molar-refractivity contribution < 1.29 is 0 Å². The van der Waals surface area contributed by atoms with E-state index in [0.717, 1.165) is 12.5 Å². The predicted octanol–water partition coefficient (Wildman–Crippen LogP) is 3.91. The summed E-state index contributed by atoms with van der Waals surface area (Å²) in [6, 6.07) is 1.31. The van der Waals surface area contributed by atoms with Crippen LogP contribution >= 0.6 is 0 Å². The summed E-state index contributed by atoms with van der Waals surface area (Å²) in [5, 5.41) is 3.83. The molecule has 2 atom stereocenters. The van der Waals surface area contributed by atoms with E-state index in [0.29, 0.717) is 22.9 Å². The Morgan fingerprint density at radius 2 is 1.55 bits per heavy atom. The van der Waals surface area contributed by atoms with Crippen LogP contribution in [0.15, 0.2) is 0 Å². The zero-order valence-electron chi connectivity index (χ0n) is 14.6. The Kier molecular flexibility index (Phi) is 4.86. The second kappa shape index (κ2) is 5.96. The average molecular weight is 280 g/mol. The molecule has 0 bridgehead atoms. The van der Waals surface area contributed by atoms with Crippen LogP contribution in [0.5, 0.6) is 0 Å². The summed E-state index contributed by atoms with van der Waals surface area (Å²) in [7, 11) is 0. The van der Waals surface area contributed by atoms with Crippen LogP contribution in [0.25, 0.3) is 0 Å². The summed E-state index contributed by atoms with van der Waals surface area (Å²) in [4.78, 5) is 2.82. The van der Waals surface area contributed by atoms with E-state index in [1.165, 1.54) is 38.8 Å². The van der Waals surface area contributed by atoms with Crippen LogP contribution in [0.4, 0.5) is 0 Å². The van der Waals surface area contributed by atoms with Gasteiger partial charge in [0.2, 0.25) is 0 Å². The first-order valence-corrected chi connectivity index (χ1v) is 8.65. The van der Waals surface area contributed by atoms with Gasteiger partial charge in [-0.2, -0.15) is 0 Å². The summed E-state index contributed by atoms with van der Waals surface area (Å²) in [6.07, 6.45) is 5.83. The molecule has 1 heterocycles. The maximum absolute atomic E-state index is 3.83. The van der Waals surface area contributed by atoms with Crippen molar-refractivity contribution in [1.29, 1.82) is 0 Å². The quantitative estimate of drug-likeness (QED) is 0.825. The van der Waals surface area contributed by atoms with Crippen LogP contribution in [0, 0.1) is 16.7 Å². The fourth-order valence-corrected chi connectivity index (χ4v) is 3.97. The summed E-state index contributed by atoms with van der Waals surface area (Å²) in [6.45, 7) is 18.0. The molecule has 1 N–H and O–H groups in total. The number of nitrogens with zero attached hydrogens (tertiary/aromatic N) is 1. The van der Waals surface area contributed by atoms with Gasteiger partial charge in [0.1, 0.15) is 0 Å². The molecular weight excluding hydrogens is 244 g/mol. The van der Waals surface area contributed by atoms with Crippen molar-refractivity contribution in [2.45, 2.75) is 79.3 Å². The summed E-state index contributed by atoms with van der Waals surface area (Å²) >= 11 is 0. The fourth-order valence-electron chi connectivity index (χ4n) is 3.97. The van der Waals surface area contributed by atoms with E-state index in [9.17, 15) is 0 Å². The van der Waals surface area contributed by atoms with Crippen molar-refractivity contribution in [2.24, 2.45) is 16.7 Å². The smallest absolute Gasteiger partial charge is 0.0269 e. The normalized spacial score (nSPS) is 30.9. The Hall–Kier alpha value is -0.0800. The van der Waals surface area contributed by atoms with Gasteiger partial charge in [-0.25, -0.2) is 0 Å². The minimum Gasteiger partial charge on any atom is -0.311 e. The Bertz CT molecular complexity index is 304. The number of rotatable bonds is 2. The molecule has 1 saturated carbocycles. The van der Waals surface area contributed by atoms with Gasteiger partial charge in [-0.3, -0.25) is 4.90 Å². The van der Waals surface area contributed by atoms with E-state index < -0.39 is 0 Å². The lowest BCUT2D eigenvalue weighted by Crippen LogP contribution is -2.64. The van der Waals surface area contributed by atoms with Crippen LogP contribution in [-0.2, 0) is 0 Å². The van der Waals surface area contributed by atoms with Gasteiger partial charge in [0.25, 0.3) is 0 Å². The van der Waals surface area contributed by atoms with Crippen molar-refractivity contribution in [3.8, 4) is 0 Å². The van der Waals surface area contributed by atoms with Crippen LogP contribution in [0.3, 0.4) is 0 Å². The van der Waals surface area contributed by atoms with Crippen molar-refractivity contribution in [2.75, 3.05) is 19.6 Å². The van der Waals surface area contributed by atoms with Crippen LogP contribution in [0.1, 0.15) is 67.2 Å². The Morgan fingerprint density at radius 3 is 2.05 bits per heavy atom. The first kappa shape index (κ1) is 16.3. The zero-order chi connectivity index (χ0) is 15.0. The third-order valence-corrected chi connectivity index (χ3v) is 5.43. The standard InChI is InChI=1S/C18H36N2/c1-17(2,3)15-13-20(12-14-9-7-8-10-14)16(11-19-15)18(4,5)6/h14-16,19H,7-13H2,1-6H3. The minimum absolute atomic E-state index is 0.358. The molecule has 0 aromatic carbocycles. The van der Waals surface area contributed by atoms with Gasteiger partial charge in [0.05, 0.1) is 0 Å². The second-order valence-electron chi connectivity index (χ2n) is 9.31. The van der Waals surface area contributed by atoms with E-state index in [1.54, 1.807) is 0 Å². The van der Waals surface area contributed by atoms with Crippen LogP contribution in [0.2, 0.25) is 0 Å². The lowest BCUT2D eigenvalue weighted by atomic mass is 9.79. The molecule has 0 amide bonds. The van der Waals surface area contributed by atoms with Gasteiger partial charge < -0.3 is 5.32 Å². The molecule has 1 saturated heterocycles. The molecule has 1 aliphatic heterocycles. The molecule has 2 fully saturated rings. The first-order valence-electron chi connectivity index (χ1n) is 8.65. The fraction of sp³-hybridized carbons (Fsp3) is 1.00. The summed E-state index contributed by atoms with van der Waals surface area (Å²) < 4.78 is 0. The first-order chi connectivity index (χ1) is 9.18. The molecule has 118 valence electrons. The molecule has 2 unspecified atom stereocenters. The molecule has 0 spiro atoms. The Labute approximate surface area is 126 Å². The van der Waals surface area contributed by atoms with Crippen LogP contribution in [-0.4, -0.2) is 36.6 Å². The molecule has 1 aliphatic carbocycles. The van der Waals surface area contributed by atoms with E-state index in [1.807, 2.05) is 0 Å². The molecular formula is C18H36N2. The van der Waals surface area contributed by atoms with Gasteiger partial charge in [0, 0.05) is 31.7 Å².